The van der Waals surface area contributed by atoms with E-state index in [1.807, 2.05) is 0 Å². The van der Waals surface area contributed by atoms with Crippen LogP contribution in [0.2, 0.25) is 0 Å². The van der Waals surface area contributed by atoms with Gasteiger partial charge in [0, 0.05) is 35.2 Å². The Morgan fingerprint density at radius 3 is 2.73 bits per heavy atom. The molecule has 0 aliphatic carbocycles. The van der Waals surface area contributed by atoms with Crippen LogP contribution in [0.1, 0.15) is 32.4 Å². The average Bonchev–Trinajstić information content (AvgIpc) is 3.21. The van der Waals surface area contributed by atoms with E-state index in [2.05, 4.69) is 4.37 Å². The van der Waals surface area contributed by atoms with Crippen LogP contribution < -0.4 is 4.74 Å². The van der Waals surface area contributed by atoms with Gasteiger partial charge in [-0.15, -0.1) is 0 Å². The number of rotatable bonds is 4. The summed E-state index contributed by atoms with van der Waals surface area (Å²) < 4.78 is 49.2. The van der Waals surface area contributed by atoms with E-state index in [1.54, 1.807) is 18.3 Å². The van der Waals surface area contributed by atoms with Crippen molar-refractivity contribution in [1.29, 1.82) is 0 Å². The number of aromatic nitrogens is 1. The van der Waals surface area contributed by atoms with Crippen LogP contribution in [0.3, 0.4) is 0 Å². The number of carbonyl (C=O) groups excluding carboxylic acids is 1. The van der Waals surface area contributed by atoms with Crippen LogP contribution in [0.4, 0.5) is 13.2 Å². The Morgan fingerprint density at radius 2 is 2.00 bits per heavy atom. The minimum absolute atomic E-state index is 0.0221. The van der Waals surface area contributed by atoms with Gasteiger partial charge in [0.2, 0.25) is 0 Å². The van der Waals surface area contributed by atoms with Crippen LogP contribution in [0.5, 0.6) is 11.5 Å². The first-order chi connectivity index (χ1) is 14.3. The van der Waals surface area contributed by atoms with E-state index in [-0.39, 0.29) is 17.9 Å². The molecular formula is C21H17F3N2O3S. The smallest absolute Gasteiger partial charge is 0.416 e. The summed E-state index contributed by atoms with van der Waals surface area (Å²) in [5.74, 6) is 0.123. The first kappa shape index (κ1) is 20.2. The first-order valence-electron chi connectivity index (χ1n) is 9.16. The molecule has 1 N–H and O–H groups in total. The van der Waals surface area contributed by atoms with E-state index >= 15 is 0 Å². The molecule has 0 fully saturated rings. The fourth-order valence-corrected chi connectivity index (χ4v) is 4.18. The summed E-state index contributed by atoms with van der Waals surface area (Å²) >= 11 is 1.34. The Bertz CT molecular complexity index is 1050. The van der Waals surface area contributed by atoms with Crippen LogP contribution in [0.25, 0.3) is 0 Å². The molecule has 30 heavy (non-hydrogen) atoms. The van der Waals surface area contributed by atoms with E-state index in [9.17, 15) is 23.1 Å². The normalized spacial score (nSPS) is 16.2. The zero-order chi connectivity index (χ0) is 21.3. The molecule has 1 atom stereocenters. The van der Waals surface area contributed by atoms with Gasteiger partial charge in [-0.05, 0) is 54.0 Å². The molecule has 1 amide bonds. The van der Waals surface area contributed by atoms with Crippen molar-refractivity contribution in [3.05, 3.63) is 76.3 Å². The highest BCUT2D eigenvalue weighted by atomic mass is 32.1. The highest BCUT2D eigenvalue weighted by Gasteiger charge is 2.35. The molecule has 2 aromatic carbocycles. The number of phenolic OH excluding ortho intramolecular Hbond substituents is 1. The second-order valence-corrected chi connectivity index (χ2v) is 7.74. The monoisotopic (exact) mass is 434 g/mol. The highest BCUT2D eigenvalue weighted by Crippen LogP contribution is 2.35. The summed E-state index contributed by atoms with van der Waals surface area (Å²) in [6.45, 7) is 0.467. The van der Waals surface area contributed by atoms with Gasteiger partial charge in [0.15, 0.2) is 0 Å². The van der Waals surface area contributed by atoms with Gasteiger partial charge in [-0.2, -0.15) is 13.2 Å². The maximum absolute atomic E-state index is 13.1. The second kappa shape index (κ2) is 7.98. The van der Waals surface area contributed by atoms with Crippen LogP contribution >= 0.6 is 11.5 Å². The maximum Gasteiger partial charge on any atom is 0.416 e. The Labute approximate surface area is 174 Å². The molecule has 9 heteroatoms. The molecule has 1 unspecified atom stereocenters. The lowest BCUT2D eigenvalue weighted by molar-refractivity contribution is -0.137. The van der Waals surface area contributed by atoms with Gasteiger partial charge in [0.05, 0.1) is 11.6 Å². The number of carbonyl (C=O) groups is 1. The Balaban J connectivity index is 1.60. The van der Waals surface area contributed by atoms with Crippen molar-refractivity contribution in [3.63, 3.8) is 0 Å². The number of hydrogen-bond donors (Lipinski definition) is 1. The van der Waals surface area contributed by atoms with Crippen LogP contribution in [-0.2, 0) is 12.6 Å². The number of phenols is 1. The number of fused-ring (bicyclic) bond motifs is 1. The number of halogens is 3. The van der Waals surface area contributed by atoms with Crippen LogP contribution in [0.15, 0.2) is 54.7 Å². The fraction of sp³-hybridized carbons (Fsp3) is 0.238. The van der Waals surface area contributed by atoms with Crippen LogP contribution in [-0.4, -0.2) is 33.4 Å². The van der Waals surface area contributed by atoms with Gasteiger partial charge < -0.3 is 14.7 Å². The van der Waals surface area contributed by atoms with Gasteiger partial charge in [0.25, 0.3) is 5.91 Å². The lowest BCUT2D eigenvalue weighted by Gasteiger charge is -2.35. The van der Waals surface area contributed by atoms with Crippen molar-refractivity contribution < 1.29 is 27.8 Å². The predicted molar refractivity (Wildman–Crippen MR) is 105 cm³/mol. The minimum Gasteiger partial charge on any atom is -0.508 e. The average molecular weight is 434 g/mol. The highest BCUT2D eigenvalue weighted by molar-refractivity contribution is 7.05. The summed E-state index contributed by atoms with van der Waals surface area (Å²) in [4.78, 5) is 15.7. The van der Waals surface area contributed by atoms with Gasteiger partial charge in [0.1, 0.15) is 18.1 Å². The minimum atomic E-state index is -4.52. The standard InChI is InChI=1S/C21H17F3N2O3S/c22-21(23,24)14-3-1-2-13(10-14)20(28)26-9-8-19-17(11-25-30-19)18(26)12-29-16-6-4-15(27)5-7-16/h1-7,10-11,18,27H,8-9,12H2. The van der Waals surface area contributed by atoms with E-state index in [0.717, 1.165) is 22.6 Å². The quantitative estimate of drug-likeness (QED) is 0.647. The van der Waals surface area contributed by atoms with Crippen molar-refractivity contribution in [2.45, 2.75) is 18.6 Å². The zero-order valence-electron chi connectivity index (χ0n) is 15.6. The third kappa shape index (κ3) is 4.11. The van der Waals surface area contributed by atoms with Gasteiger partial charge in [-0.25, -0.2) is 4.37 Å². The maximum atomic E-state index is 13.1. The van der Waals surface area contributed by atoms with E-state index in [0.29, 0.717) is 18.7 Å². The molecule has 4 rings (SSSR count). The zero-order valence-corrected chi connectivity index (χ0v) is 16.4. The number of alkyl halides is 3. The van der Waals surface area contributed by atoms with E-state index < -0.39 is 23.7 Å². The third-order valence-corrected chi connectivity index (χ3v) is 5.80. The number of benzene rings is 2. The van der Waals surface area contributed by atoms with Crippen molar-refractivity contribution in [3.8, 4) is 11.5 Å². The summed E-state index contributed by atoms with van der Waals surface area (Å²) in [5.41, 5.74) is -0.0448. The van der Waals surface area contributed by atoms with Crippen LogP contribution in [0, 0.1) is 0 Å². The molecule has 2 heterocycles. The molecule has 0 saturated heterocycles. The van der Waals surface area contributed by atoms with Crippen molar-refractivity contribution >= 4 is 17.4 Å². The molecule has 1 aliphatic rings. The largest absolute Gasteiger partial charge is 0.508 e. The van der Waals surface area contributed by atoms with E-state index in [4.69, 9.17) is 4.74 Å². The Kier molecular flexibility index (Phi) is 5.38. The lowest BCUT2D eigenvalue weighted by atomic mass is 9.99. The fourth-order valence-electron chi connectivity index (χ4n) is 3.41. The molecule has 5 nitrogen and oxygen atoms in total. The topological polar surface area (TPSA) is 62.7 Å². The van der Waals surface area contributed by atoms with Crippen molar-refractivity contribution in [2.24, 2.45) is 0 Å². The Morgan fingerprint density at radius 1 is 1.23 bits per heavy atom. The molecule has 1 aromatic heterocycles. The summed E-state index contributed by atoms with van der Waals surface area (Å²) in [7, 11) is 0. The van der Waals surface area contributed by atoms with Gasteiger partial charge in [-0.1, -0.05) is 6.07 Å². The number of nitrogens with zero attached hydrogens (tertiary/aromatic N) is 2. The second-order valence-electron chi connectivity index (χ2n) is 6.85. The van der Waals surface area contributed by atoms with Gasteiger partial charge >= 0.3 is 6.18 Å². The molecular weight excluding hydrogens is 417 g/mol. The number of ether oxygens (including phenoxy) is 1. The van der Waals surface area contributed by atoms with E-state index in [1.165, 1.54) is 40.7 Å². The predicted octanol–water partition coefficient (Wildman–Crippen LogP) is 4.69. The SMILES string of the molecule is O=C(c1cccc(C(F)(F)F)c1)N1CCc2sncc2C1COc1ccc(O)cc1. The molecule has 0 radical (unpaired) electrons. The molecule has 156 valence electrons. The molecule has 1 aliphatic heterocycles. The molecule has 0 spiro atoms. The Hall–Kier alpha value is -3.07. The van der Waals surface area contributed by atoms with Gasteiger partial charge in [-0.3, -0.25) is 4.79 Å². The number of hydrogen-bond acceptors (Lipinski definition) is 5. The third-order valence-electron chi connectivity index (χ3n) is 4.93. The number of amides is 1. The summed E-state index contributed by atoms with van der Waals surface area (Å²) in [6.07, 6.45) is -2.26. The molecule has 0 bridgehead atoms. The summed E-state index contributed by atoms with van der Waals surface area (Å²) in [6, 6.07) is 10.1. The number of aromatic hydroxyl groups is 1. The van der Waals surface area contributed by atoms with Crippen molar-refractivity contribution in [2.75, 3.05) is 13.2 Å². The lowest BCUT2D eigenvalue weighted by Crippen LogP contribution is -2.42. The first-order valence-corrected chi connectivity index (χ1v) is 9.94. The molecule has 3 aromatic rings. The van der Waals surface area contributed by atoms with Crippen molar-refractivity contribution in [1.82, 2.24) is 9.27 Å². The molecule has 0 saturated carbocycles. The summed E-state index contributed by atoms with van der Waals surface area (Å²) in [5, 5.41) is 9.40.